The van der Waals surface area contributed by atoms with Gasteiger partial charge in [-0.05, 0) is 31.2 Å². The van der Waals surface area contributed by atoms with Crippen LogP contribution in [0.4, 0.5) is 11.6 Å². The highest BCUT2D eigenvalue weighted by Gasteiger charge is 2.12. The monoisotopic (exact) mass is 280 g/mol. The minimum atomic E-state index is -0.398. The van der Waals surface area contributed by atoms with Crippen molar-refractivity contribution in [3.05, 3.63) is 54.1 Å². The molecular weight excluding hydrogens is 264 g/mol. The second kappa shape index (κ2) is 5.28. The van der Waals surface area contributed by atoms with E-state index < -0.39 is 5.91 Å². The summed E-state index contributed by atoms with van der Waals surface area (Å²) in [4.78, 5) is 15.8. The Morgan fingerprint density at radius 1 is 1.19 bits per heavy atom. The maximum absolute atomic E-state index is 11.3. The number of hydrogen-bond donors (Lipinski definition) is 2. The molecule has 5 nitrogen and oxygen atoms in total. The molecule has 0 aliphatic carbocycles. The number of nitrogens with one attached hydrogen (secondary N) is 1. The van der Waals surface area contributed by atoms with E-state index in [1.165, 1.54) is 5.56 Å². The number of carbonyl (C=O) groups excluding carboxylic acids is 1. The number of anilines is 2. The van der Waals surface area contributed by atoms with Crippen molar-refractivity contribution in [2.75, 3.05) is 5.32 Å². The number of nitrogens with zero attached hydrogens (tertiary/aromatic N) is 2. The maximum Gasteiger partial charge on any atom is 0.237 e. The van der Waals surface area contributed by atoms with Gasteiger partial charge in [0, 0.05) is 5.69 Å². The minimum Gasteiger partial charge on any atom is -0.368 e. The number of aryl methyl sites for hydroxylation is 1. The molecule has 3 rings (SSSR count). The summed E-state index contributed by atoms with van der Waals surface area (Å²) in [6, 6.07) is 15.6. The molecule has 0 saturated carbocycles. The summed E-state index contributed by atoms with van der Waals surface area (Å²) >= 11 is 0. The van der Waals surface area contributed by atoms with Crippen molar-refractivity contribution < 1.29 is 4.79 Å². The molecule has 0 spiro atoms. The van der Waals surface area contributed by atoms with E-state index in [0.29, 0.717) is 5.95 Å². The molecule has 0 unspecified atom stereocenters. The van der Waals surface area contributed by atoms with Crippen molar-refractivity contribution >= 4 is 28.6 Å². The molecule has 0 radical (unpaired) electrons. The predicted molar refractivity (Wildman–Crippen MR) is 83.4 cm³/mol. The molecule has 21 heavy (non-hydrogen) atoms. The summed E-state index contributed by atoms with van der Waals surface area (Å²) < 4.78 is 1.79. The number of fused-ring (bicyclic) bond motifs is 1. The van der Waals surface area contributed by atoms with Gasteiger partial charge in [0.1, 0.15) is 6.54 Å². The molecule has 3 N–H and O–H groups in total. The summed E-state index contributed by atoms with van der Waals surface area (Å²) in [6.45, 7) is 2.13. The first-order valence-corrected chi connectivity index (χ1v) is 6.71. The van der Waals surface area contributed by atoms with Crippen LogP contribution in [0.25, 0.3) is 11.0 Å². The van der Waals surface area contributed by atoms with Crippen molar-refractivity contribution in [2.45, 2.75) is 13.5 Å². The van der Waals surface area contributed by atoms with Gasteiger partial charge in [-0.3, -0.25) is 4.79 Å². The standard InChI is InChI=1S/C16H16N4O/c1-11-6-8-12(9-7-11)18-16-19-13-4-2-3-5-14(13)20(16)10-15(17)21/h2-9H,10H2,1H3,(H2,17,21)(H,18,19). The van der Waals surface area contributed by atoms with Crippen LogP contribution in [-0.2, 0) is 11.3 Å². The van der Waals surface area contributed by atoms with Crippen LogP contribution in [0, 0.1) is 6.92 Å². The zero-order chi connectivity index (χ0) is 14.8. The van der Waals surface area contributed by atoms with E-state index in [0.717, 1.165) is 16.7 Å². The van der Waals surface area contributed by atoms with Crippen LogP contribution in [0.5, 0.6) is 0 Å². The second-order valence-corrected chi connectivity index (χ2v) is 4.97. The number of carbonyl (C=O) groups is 1. The van der Waals surface area contributed by atoms with Gasteiger partial charge in [-0.25, -0.2) is 4.98 Å². The van der Waals surface area contributed by atoms with Gasteiger partial charge in [-0.2, -0.15) is 0 Å². The highest BCUT2D eigenvalue weighted by molar-refractivity contribution is 5.83. The molecule has 0 aliphatic rings. The first-order chi connectivity index (χ1) is 10.1. The zero-order valence-corrected chi connectivity index (χ0v) is 11.7. The van der Waals surface area contributed by atoms with Gasteiger partial charge in [-0.1, -0.05) is 29.8 Å². The van der Waals surface area contributed by atoms with Gasteiger partial charge in [0.05, 0.1) is 11.0 Å². The highest BCUT2D eigenvalue weighted by Crippen LogP contribution is 2.22. The first-order valence-electron chi connectivity index (χ1n) is 6.71. The third kappa shape index (κ3) is 2.72. The van der Waals surface area contributed by atoms with Crippen molar-refractivity contribution in [3.63, 3.8) is 0 Å². The number of benzene rings is 2. The van der Waals surface area contributed by atoms with Crippen LogP contribution < -0.4 is 11.1 Å². The summed E-state index contributed by atoms with van der Waals surface area (Å²) in [5, 5.41) is 3.24. The minimum absolute atomic E-state index is 0.0920. The van der Waals surface area contributed by atoms with Crippen molar-refractivity contribution in [1.29, 1.82) is 0 Å². The fourth-order valence-corrected chi connectivity index (χ4v) is 2.25. The molecule has 1 amide bonds. The van der Waals surface area contributed by atoms with E-state index >= 15 is 0 Å². The van der Waals surface area contributed by atoms with Gasteiger partial charge in [0.15, 0.2) is 0 Å². The lowest BCUT2D eigenvalue weighted by Gasteiger charge is -2.09. The Hall–Kier alpha value is -2.82. The summed E-state index contributed by atoms with van der Waals surface area (Å²) in [7, 11) is 0. The van der Waals surface area contributed by atoms with Crippen molar-refractivity contribution in [2.24, 2.45) is 5.73 Å². The summed E-state index contributed by atoms with van der Waals surface area (Å²) in [5.74, 6) is 0.212. The largest absolute Gasteiger partial charge is 0.368 e. The van der Waals surface area contributed by atoms with Gasteiger partial charge < -0.3 is 15.6 Å². The van der Waals surface area contributed by atoms with Crippen molar-refractivity contribution in [1.82, 2.24) is 9.55 Å². The Balaban J connectivity index is 2.04. The van der Waals surface area contributed by atoms with E-state index in [1.807, 2.05) is 55.5 Å². The Labute approximate surface area is 122 Å². The molecule has 1 aromatic heterocycles. The molecular formula is C16H16N4O. The number of hydrogen-bond acceptors (Lipinski definition) is 3. The van der Waals surface area contributed by atoms with Crippen LogP contribution in [0.3, 0.4) is 0 Å². The average Bonchev–Trinajstić information content (AvgIpc) is 2.79. The molecule has 2 aromatic carbocycles. The lowest BCUT2D eigenvalue weighted by atomic mass is 10.2. The van der Waals surface area contributed by atoms with E-state index in [4.69, 9.17) is 5.73 Å². The molecule has 0 bridgehead atoms. The van der Waals surface area contributed by atoms with Crippen LogP contribution >= 0.6 is 0 Å². The lowest BCUT2D eigenvalue weighted by molar-refractivity contribution is -0.118. The van der Waals surface area contributed by atoms with Crippen molar-refractivity contribution in [3.8, 4) is 0 Å². The number of nitrogens with two attached hydrogens (primary N) is 1. The van der Waals surface area contributed by atoms with Crippen LogP contribution in [0.2, 0.25) is 0 Å². The zero-order valence-electron chi connectivity index (χ0n) is 11.7. The fraction of sp³-hybridized carbons (Fsp3) is 0.125. The Morgan fingerprint density at radius 2 is 1.90 bits per heavy atom. The van der Waals surface area contributed by atoms with E-state index in [9.17, 15) is 4.79 Å². The molecule has 0 saturated heterocycles. The number of imidazole rings is 1. The molecule has 5 heteroatoms. The van der Waals surface area contributed by atoms with Crippen LogP contribution in [-0.4, -0.2) is 15.5 Å². The Morgan fingerprint density at radius 3 is 2.62 bits per heavy atom. The quantitative estimate of drug-likeness (QED) is 0.771. The lowest BCUT2D eigenvalue weighted by Crippen LogP contribution is -2.19. The van der Waals surface area contributed by atoms with Crippen LogP contribution in [0.1, 0.15) is 5.56 Å². The molecule has 0 atom stereocenters. The topological polar surface area (TPSA) is 72.9 Å². The van der Waals surface area contributed by atoms with Gasteiger partial charge >= 0.3 is 0 Å². The van der Waals surface area contributed by atoms with Crippen LogP contribution in [0.15, 0.2) is 48.5 Å². The third-order valence-corrected chi connectivity index (χ3v) is 3.28. The molecule has 106 valence electrons. The third-order valence-electron chi connectivity index (χ3n) is 3.28. The maximum atomic E-state index is 11.3. The Bertz CT molecular complexity index is 790. The van der Waals surface area contributed by atoms with Gasteiger partial charge in [-0.15, -0.1) is 0 Å². The number of para-hydroxylation sites is 2. The molecule has 3 aromatic rings. The number of aromatic nitrogens is 2. The van der Waals surface area contributed by atoms with E-state index in [1.54, 1.807) is 4.57 Å². The second-order valence-electron chi connectivity index (χ2n) is 4.97. The number of amides is 1. The van der Waals surface area contributed by atoms with Gasteiger partial charge in [0.25, 0.3) is 0 Å². The van der Waals surface area contributed by atoms with E-state index in [-0.39, 0.29) is 6.54 Å². The molecule has 1 heterocycles. The Kier molecular flexibility index (Phi) is 3.31. The molecule has 0 fully saturated rings. The fourth-order valence-electron chi connectivity index (χ4n) is 2.25. The molecule has 0 aliphatic heterocycles. The summed E-state index contributed by atoms with van der Waals surface area (Å²) in [6.07, 6.45) is 0. The number of rotatable bonds is 4. The smallest absolute Gasteiger partial charge is 0.237 e. The van der Waals surface area contributed by atoms with E-state index in [2.05, 4.69) is 10.3 Å². The predicted octanol–water partition coefficient (Wildman–Crippen LogP) is 2.57. The summed E-state index contributed by atoms with van der Waals surface area (Å²) in [5.41, 5.74) is 9.15. The van der Waals surface area contributed by atoms with Gasteiger partial charge in [0.2, 0.25) is 11.9 Å². The highest BCUT2D eigenvalue weighted by atomic mass is 16.1. The first kappa shape index (κ1) is 13.2. The normalized spacial score (nSPS) is 10.7. The SMILES string of the molecule is Cc1ccc(Nc2nc3ccccc3n2CC(N)=O)cc1. The average molecular weight is 280 g/mol. The number of primary amides is 1.